The van der Waals surface area contributed by atoms with Crippen LogP contribution in [0.1, 0.15) is 23.0 Å². The fraction of sp³-hybridized carbons (Fsp3) is 0.118. The molecule has 1 atom stereocenters. The van der Waals surface area contributed by atoms with Crippen LogP contribution in [0.2, 0.25) is 0 Å². The van der Waals surface area contributed by atoms with Crippen molar-refractivity contribution in [3.63, 3.8) is 0 Å². The fourth-order valence-electron chi connectivity index (χ4n) is 1.83. The van der Waals surface area contributed by atoms with E-state index in [2.05, 4.69) is 26.6 Å². The smallest absolute Gasteiger partial charge is 0.291 e. The molecule has 0 saturated heterocycles. The van der Waals surface area contributed by atoms with Crippen LogP contribution in [-0.4, -0.2) is 23.8 Å². The average Bonchev–Trinajstić information content (AvgIpc) is 3.01. The van der Waals surface area contributed by atoms with E-state index < -0.39 is 23.8 Å². The molecule has 2 N–H and O–H groups in total. The predicted octanol–water partition coefficient (Wildman–Crippen LogP) is 1.07. The predicted molar refractivity (Wildman–Crippen MR) is 90.9 cm³/mol. The first kappa shape index (κ1) is 18.5. The van der Waals surface area contributed by atoms with Gasteiger partial charge in [0.05, 0.1) is 12.0 Å². The van der Waals surface area contributed by atoms with Crippen molar-refractivity contribution in [3.8, 4) is 0 Å². The molecule has 0 aliphatic heterocycles. The van der Waals surface area contributed by atoms with Gasteiger partial charge in [0.15, 0.2) is 10.4 Å². The van der Waals surface area contributed by atoms with Crippen LogP contribution < -0.4 is 15.7 Å². The molecule has 8 heteroatoms. The van der Waals surface area contributed by atoms with Gasteiger partial charge in [0.1, 0.15) is 5.70 Å². The molecule has 2 amide bonds. The number of furan rings is 1. The van der Waals surface area contributed by atoms with Gasteiger partial charge in [-0.15, -0.1) is 0 Å². The van der Waals surface area contributed by atoms with Gasteiger partial charge in [0.2, 0.25) is 0 Å². The van der Waals surface area contributed by atoms with Gasteiger partial charge in [-0.2, -0.15) is 0 Å². The molecule has 0 unspecified atom stereocenters. The highest BCUT2D eigenvalue weighted by atomic mass is 79.9. The number of carboxylic acid groups (broad SMARTS) is 1. The Labute approximate surface area is 151 Å². The number of hydrogen-bond donors (Lipinski definition) is 2. The molecule has 2 aromatic rings. The fourth-order valence-corrected chi connectivity index (χ4v) is 2.13. The molecule has 0 saturated carbocycles. The van der Waals surface area contributed by atoms with Crippen molar-refractivity contribution in [1.29, 1.82) is 0 Å². The summed E-state index contributed by atoms with van der Waals surface area (Å²) in [5.74, 6) is -2.86. The van der Waals surface area contributed by atoms with Gasteiger partial charge in [-0.25, -0.2) is 0 Å². The average molecular weight is 406 g/mol. The van der Waals surface area contributed by atoms with Crippen molar-refractivity contribution in [2.45, 2.75) is 13.0 Å². The van der Waals surface area contributed by atoms with Gasteiger partial charge in [-0.3, -0.25) is 9.59 Å². The van der Waals surface area contributed by atoms with Gasteiger partial charge in [-0.1, -0.05) is 30.3 Å². The Morgan fingerprint density at radius 2 is 1.84 bits per heavy atom. The molecule has 1 aromatic carbocycles. The lowest BCUT2D eigenvalue weighted by atomic mass is 10.2. The van der Waals surface area contributed by atoms with Crippen molar-refractivity contribution in [2.24, 2.45) is 0 Å². The van der Waals surface area contributed by atoms with Crippen LogP contribution in [0.25, 0.3) is 6.08 Å². The quantitative estimate of drug-likeness (QED) is 0.698. The Hall–Kier alpha value is -2.87. The summed E-state index contributed by atoms with van der Waals surface area (Å²) in [6.45, 7) is 1.26. The molecule has 25 heavy (non-hydrogen) atoms. The number of halogens is 1. The minimum atomic E-state index is -1.44. The standard InChI is InChI=1S/C17H15BrN2O5/c1-10(17(23)24)19-15(21)12(9-11-5-3-2-4-6-11)20-16(22)13-7-8-14(18)25-13/h2-10H,1H3,(H,19,21)(H,20,22)(H,23,24)/p-1/b12-9+/t10-/m0/s1. The Bertz CT molecular complexity index is 813. The third-order valence-electron chi connectivity index (χ3n) is 3.10. The number of hydrogen-bond acceptors (Lipinski definition) is 5. The molecular formula is C17H14BrN2O5-. The van der Waals surface area contributed by atoms with Gasteiger partial charge in [-0.05, 0) is 46.6 Å². The van der Waals surface area contributed by atoms with E-state index in [1.165, 1.54) is 25.1 Å². The molecule has 1 aromatic heterocycles. The second kappa shape index (κ2) is 8.29. The minimum absolute atomic E-state index is 0.00779. The molecular weight excluding hydrogens is 392 g/mol. The Morgan fingerprint density at radius 1 is 1.16 bits per heavy atom. The number of carbonyl (C=O) groups excluding carboxylic acids is 3. The summed E-state index contributed by atoms with van der Waals surface area (Å²) in [6.07, 6.45) is 1.42. The lowest BCUT2D eigenvalue weighted by Crippen LogP contribution is -2.48. The van der Waals surface area contributed by atoms with Crippen LogP contribution >= 0.6 is 15.9 Å². The van der Waals surface area contributed by atoms with Crippen molar-refractivity contribution >= 4 is 39.8 Å². The van der Waals surface area contributed by atoms with E-state index >= 15 is 0 Å². The molecule has 0 aliphatic carbocycles. The third-order valence-corrected chi connectivity index (χ3v) is 3.53. The second-order valence-electron chi connectivity index (χ2n) is 5.04. The molecule has 0 aliphatic rings. The number of nitrogens with one attached hydrogen (secondary N) is 2. The molecule has 0 spiro atoms. The van der Waals surface area contributed by atoms with Gasteiger partial charge in [0.25, 0.3) is 11.8 Å². The maximum atomic E-state index is 12.3. The van der Waals surface area contributed by atoms with Crippen molar-refractivity contribution in [1.82, 2.24) is 10.6 Å². The van der Waals surface area contributed by atoms with Gasteiger partial charge < -0.3 is 25.0 Å². The lowest BCUT2D eigenvalue weighted by Gasteiger charge is -2.16. The number of carbonyl (C=O) groups is 3. The number of rotatable bonds is 6. The summed E-state index contributed by atoms with van der Waals surface area (Å²) in [5, 5.41) is 15.5. The summed E-state index contributed by atoms with van der Waals surface area (Å²) in [6, 6.07) is 10.5. The highest BCUT2D eigenvalue weighted by Crippen LogP contribution is 2.14. The van der Waals surface area contributed by atoms with E-state index in [1.807, 2.05) is 0 Å². The summed E-state index contributed by atoms with van der Waals surface area (Å²) >= 11 is 3.09. The number of benzene rings is 1. The number of amides is 2. The Balaban J connectivity index is 2.25. The van der Waals surface area contributed by atoms with Crippen molar-refractivity contribution in [2.75, 3.05) is 0 Å². The lowest BCUT2D eigenvalue weighted by molar-refractivity contribution is -0.307. The van der Waals surface area contributed by atoms with Crippen LogP contribution in [0.5, 0.6) is 0 Å². The SMILES string of the molecule is C[C@H](NC(=O)/C(=C\c1ccccc1)NC(=O)c1ccc(Br)o1)C(=O)[O-]. The van der Waals surface area contributed by atoms with Crippen LogP contribution in [-0.2, 0) is 9.59 Å². The van der Waals surface area contributed by atoms with Crippen LogP contribution in [0, 0.1) is 0 Å². The van der Waals surface area contributed by atoms with Crippen LogP contribution in [0.3, 0.4) is 0 Å². The zero-order valence-corrected chi connectivity index (χ0v) is 14.7. The first-order valence-corrected chi connectivity index (χ1v) is 8.01. The van der Waals surface area contributed by atoms with Crippen LogP contribution in [0.15, 0.2) is 57.2 Å². The van der Waals surface area contributed by atoms with Crippen molar-refractivity contribution < 1.29 is 23.9 Å². The number of carboxylic acids is 1. The zero-order valence-electron chi connectivity index (χ0n) is 13.1. The Kier molecular flexibility index (Phi) is 6.13. The minimum Gasteiger partial charge on any atom is -0.548 e. The summed E-state index contributed by atoms with van der Waals surface area (Å²) < 4.78 is 5.50. The monoisotopic (exact) mass is 405 g/mol. The first-order valence-electron chi connectivity index (χ1n) is 7.22. The van der Waals surface area contributed by atoms with E-state index in [1.54, 1.807) is 30.3 Å². The molecule has 0 fully saturated rings. The zero-order chi connectivity index (χ0) is 18.4. The highest BCUT2D eigenvalue weighted by Gasteiger charge is 2.18. The largest absolute Gasteiger partial charge is 0.548 e. The maximum Gasteiger partial charge on any atom is 0.291 e. The molecule has 0 bridgehead atoms. The first-order chi connectivity index (χ1) is 11.9. The van der Waals surface area contributed by atoms with E-state index in [0.29, 0.717) is 10.2 Å². The summed E-state index contributed by atoms with van der Waals surface area (Å²) in [7, 11) is 0. The summed E-state index contributed by atoms with van der Waals surface area (Å²) in [4.78, 5) is 35.3. The molecule has 1 heterocycles. The van der Waals surface area contributed by atoms with E-state index in [9.17, 15) is 19.5 Å². The topological polar surface area (TPSA) is 111 Å². The Morgan fingerprint density at radius 3 is 2.40 bits per heavy atom. The normalized spacial score (nSPS) is 12.3. The molecule has 130 valence electrons. The second-order valence-corrected chi connectivity index (χ2v) is 5.82. The third kappa shape index (κ3) is 5.32. The highest BCUT2D eigenvalue weighted by molar-refractivity contribution is 9.10. The van der Waals surface area contributed by atoms with Crippen molar-refractivity contribution in [3.05, 3.63) is 64.2 Å². The van der Waals surface area contributed by atoms with E-state index in [0.717, 1.165) is 0 Å². The molecule has 2 rings (SSSR count). The van der Waals surface area contributed by atoms with E-state index in [4.69, 9.17) is 4.42 Å². The van der Waals surface area contributed by atoms with E-state index in [-0.39, 0.29) is 11.5 Å². The molecule has 7 nitrogen and oxygen atoms in total. The number of aliphatic carboxylic acids is 1. The van der Waals surface area contributed by atoms with Crippen LogP contribution in [0.4, 0.5) is 0 Å². The summed E-state index contributed by atoms with van der Waals surface area (Å²) in [5.41, 5.74) is 0.520. The maximum absolute atomic E-state index is 12.3. The van der Waals surface area contributed by atoms with Gasteiger partial charge in [0, 0.05) is 0 Å². The van der Waals surface area contributed by atoms with Gasteiger partial charge >= 0.3 is 0 Å². The molecule has 0 radical (unpaired) electrons.